The fraction of sp³-hybridized carbons (Fsp3) is 0.517. The zero-order chi connectivity index (χ0) is 23.8. The molecule has 184 valence electrons. The standard InChI is InChI=1S/C29H36N4O2/c34-28(31-14-4-1-5-15-31)12-6-8-23-20-32(27-10-3-2-9-25(23)27)21-30-17-22-16-24(19-30)26-11-7-13-29(35)33(26)18-22/h2-3,7,9-11,13,20,22,24H,1,4-6,8,12,14-19,21H2. The Hall–Kier alpha value is -2.86. The number of aryl methyl sites for hydroxylation is 1. The van der Waals surface area contributed by atoms with Crippen LogP contribution in [-0.4, -0.2) is 51.0 Å². The van der Waals surface area contributed by atoms with E-state index in [1.165, 1.54) is 35.0 Å². The number of carbonyl (C=O) groups excluding carboxylic acids is 1. The molecule has 5 heterocycles. The lowest BCUT2D eigenvalue weighted by atomic mass is 9.83. The highest BCUT2D eigenvalue weighted by Gasteiger charge is 2.34. The average molecular weight is 473 g/mol. The Bertz CT molecular complexity index is 1270. The first-order valence-corrected chi connectivity index (χ1v) is 13.4. The van der Waals surface area contributed by atoms with Crippen molar-refractivity contribution in [3.8, 4) is 0 Å². The molecule has 0 N–H and O–H groups in total. The number of benzene rings is 1. The second-order valence-electron chi connectivity index (χ2n) is 10.8. The highest BCUT2D eigenvalue weighted by molar-refractivity contribution is 5.84. The molecule has 0 spiro atoms. The Morgan fingerprint density at radius 1 is 0.943 bits per heavy atom. The number of fused-ring (bicyclic) bond motifs is 5. The quantitative estimate of drug-likeness (QED) is 0.540. The van der Waals surface area contributed by atoms with Gasteiger partial charge < -0.3 is 14.0 Å². The summed E-state index contributed by atoms with van der Waals surface area (Å²) in [7, 11) is 0. The van der Waals surface area contributed by atoms with Crippen LogP contribution in [0, 0.1) is 5.92 Å². The maximum absolute atomic E-state index is 12.6. The van der Waals surface area contributed by atoms with Gasteiger partial charge in [0, 0.05) is 73.9 Å². The Kier molecular flexibility index (Phi) is 6.23. The third kappa shape index (κ3) is 4.56. The number of pyridine rings is 1. The maximum atomic E-state index is 12.6. The molecule has 0 saturated carbocycles. The van der Waals surface area contributed by atoms with Crippen LogP contribution in [0.15, 0.2) is 53.5 Å². The summed E-state index contributed by atoms with van der Waals surface area (Å²) >= 11 is 0. The van der Waals surface area contributed by atoms with Crippen LogP contribution in [-0.2, 0) is 24.4 Å². The van der Waals surface area contributed by atoms with Crippen LogP contribution in [0.3, 0.4) is 0 Å². The van der Waals surface area contributed by atoms with E-state index < -0.39 is 0 Å². The zero-order valence-corrected chi connectivity index (χ0v) is 20.6. The molecular formula is C29H36N4O2. The number of para-hydroxylation sites is 1. The Morgan fingerprint density at radius 2 is 1.80 bits per heavy atom. The summed E-state index contributed by atoms with van der Waals surface area (Å²) in [6, 6.07) is 14.4. The van der Waals surface area contributed by atoms with Gasteiger partial charge in [-0.15, -0.1) is 0 Å². The van der Waals surface area contributed by atoms with Gasteiger partial charge in [-0.05, 0) is 62.1 Å². The minimum absolute atomic E-state index is 0.144. The van der Waals surface area contributed by atoms with Crippen molar-refractivity contribution in [2.45, 2.75) is 64.1 Å². The first-order valence-electron chi connectivity index (χ1n) is 13.4. The Balaban J connectivity index is 1.15. The largest absolute Gasteiger partial charge is 0.343 e. The van der Waals surface area contributed by atoms with E-state index in [2.05, 4.69) is 50.9 Å². The maximum Gasteiger partial charge on any atom is 0.250 e. The number of aromatic nitrogens is 2. The van der Waals surface area contributed by atoms with Crippen LogP contribution in [0.2, 0.25) is 0 Å². The van der Waals surface area contributed by atoms with Gasteiger partial charge >= 0.3 is 0 Å². The minimum atomic E-state index is 0.144. The van der Waals surface area contributed by atoms with E-state index in [0.29, 0.717) is 24.2 Å². The molecule has 3 aromatic rings. The van der Waals surface area contributed by atoms with Gasteiger partial charge in [-0.2, -0.15) is 0 Å². The van der Waals surface area contributed by atoms with E-state index in [1.54, 1.807) is 6.07 Å². The number of hydrogen-bond donors (Lipinski definition) is 0. The predicted octanol–water partition coefficient (Wildman–Crippen LogP) is 4.22. The molecule has 0 radical (unpaired) electrons. The van der Waals surface area contributed by atoms with Crippen LogP contribution < -0.4 is 5.56 Å². The minimum Gasteiger partial charge on any atom is -0.343 e. The van der Waals surface area contributed by atoms with Crippen molar-refractivity contribution in [1.82, 2.24) is 18.9 Å². The molecule has 3 aliphatic heterocycles. The first-order chi connectivity index (χ1) is 17.2. The van der Waals surface area contributed by atoms with Crippen molar-refractivity contribution in [1.29, 1.82) is 0 Å². The molecule has 0 aliphatic carbocycles. The Morgan fingerprint density at radius 3 is 2.69 bits per heavy atom. The number of piperidine rings is 2. The molecule has 6 nitrogen and oxygen atoms in total. The van der Waals surface area contributed by atoms with Gasteiger partial charge in [0.2, 0.25) is 5.91 Å². The van der Waals surface area contributed by atoms with Gasteiger partial charge in [0.25, 0.3) is 5.56 Å². The first kappa shape index (κ1) is 22.6. The number of hydrogen-bond acceptors (Lipinski definition) is 3. The molecule has 35 heavy (non-hydrogen) atoms. The van der Waals surface area contributed by atoms with Gasteiger partial charge in [-0.25, -0.2) is 0 Å². The van der Waals surface area contributed by atoms with Crippen LogP contribution in [0.4, 0.5) is 0 Å². The van der Waals surface area contributed by atoms with E-state index in [-0.39, 0.29) is 5.56 Å². The lowest BCUT2D eigenvalue weighted by Gasteiger charge is -2.42. The van der Waals surface area contributed by atoms with Crippen LogP contribution in [0.1, 0.15) is 55.7 Å². The molecule has 6 rings (SSSR count). The Labute approximate surface area is 207 Å². The summed E-state index contributed by atoms with van der Waals surface area (Å²) < 4.78 is 4.40. The van der Waals surface area contributed by atoms with E-state index in [1.807, 2.05) is 10.6 Å². The highest BCUT2D eigenvalue weighted by Crippen LogP contribution is 2.35. The van der Waals surface area contributed by atoms with Crippen LogP contribution >= 0.6 is 0 Å². The van der Waals surface area contributed by atoms with Crippen molar-refractivity contribution in [2.24, 2.45) is 5.92 Å². The number of rotatable bonds is 6. The molecule has 6 heteroatoms. The van der Waals surface area contributed by atoms with Crippen molar-refractivity contribution >= 4 is 16.8 Å². The molecule has 1 amide bonds. The second-order valence-corrected chi connectivity index (χ2v) is 10.8. The third-order valence-corrected chi connectivity index (χ3v) is 8.32. The van der Waals surface area contributed by atoms with Crippen LogP contribution in [0.25, 0.3) is 10.9 Å². The van der Waals surface area contributed by atoms with E-state index in [0.717, 1.165) is 65.1 Å². The van der Waals surface area contributed by atoms with Gasteiger partial charge in [0.05, 0.1) is 6.67 Å². The molecule has 1 aromatic carbocycles. The summed E-state index contributed by atoms with van der Waals surface area (Å²) in [5, 5.41) is 1.31. The molecule has 2 unspecified atom stereocenters. The lowest BCUT2D eigenvalue weighted by molar-refractivity contribution is -0.132. The summed E-state index contributed by atoms with van der Waals surface area (Å²) in [5.41, 5.74) is 3.97. The molecule has 3 aliphatic rings. The molecule has 2 aromatic heterocycles. The summed E-state index contributed by atoms with van der Waals surface area (Å²) in [6.07, 6.45) is 9.55. The van der Waals surface area contributed by atoms with E-state index >= 15 is 0 Å². The fourth-order valence-electron chi connectivity index (χ4n) is 6.70. The normalized spacial score (nSPS) is 22.3. The summed E-state index contributed by atoms with van der Waals surface area (Å²) in [4.78, 5) is 29.6. The monoisotopic (exact) mass is 472 g/mol. The van der Waals surface area contributed by atoms with Gasteiger partial charge in [0.1, 0.15) is 0 Å². The topological polar surface area (TPSA) is 50.5 Å². The average Bonchev–Trinajstić information content (AvgIpc) is 3.22. The second kappa shape index (κ2) is 9.65. The number of amides is 1. The molecule has 2 atom stereocenters. The molecule has 2 bridgehead atoms. The number of nitrogens with zero attached hydrogens (tertiary/aromatic N) is 4. The van der Waals surface area contributed by atoms with Crippen molar-refractivity contribution < 1.29 is 4.79 Å². The fourth-order valence-corrected chi connectivity index (χ4v) is 6.70. The van der Waals surface area contributed by atoms with E-state index in [9.17, 15) is 9.59 Å². The number of likely N-dealkylation sites (tertiary alicyclic amines) is 2. The number of carbonyl (C=O) groups is 1. The van der Waals surface area contributed by atoms with Crippen molar-refractivity contribution in [3.05, 3.63) is 70.3 Å². The molecular weight excluding hydrogens is 436 g/mol. The highest BCUT2D eigenvalue weighted by atomic mass is 16.2. The lowest BCUT2D eigenvalue weighted by Crippen LogP contribution is -2.47. The zero-order valence-electron chi connectivity index (χ0n) is 20.6. The third-order valence-electron chi connectivity index (χ3n) is 8.32. The van der Waals surface area contributed by atoms with Gasteiger partial charge in [0.15, 0.2) is 0 Å². The van der Waals surface area contributed by atoms with Crippen molar-refractivity contribution in [2.75, 3.05) is 26.2 Å². The van der Waals surface area contributed by atoms with Crippen LogP contribution in [0.5, 0.6) is 0 Å². The summed E-state index contributed by atoms with van der Waals surface area (Å²) in [6.45, 7) is 5.61. The van der Waals surface area contributed by atoms with Gasteiger partial charge in [-0.3, -0.25) is 14.5 Å². The molecule has 2 fully saturated rings. The molecule has 2 saturated heterocycles. The summed E-state index contributed by atoms with van der Waals surface area (Å²) in [5.74, 6) is 1.29. The van der Waals surface area contributed by atoms with Gasteiger partial charge in [-0.1, -0.05) is 24.3 Å². The predicted molar refractivity (Wildman–Crippen MR) is 138 cm³/mol. The van der Waals surface area contributed by atoms with E-state index in [4.69, 9.17) is 0 Å². The smallest absolute Gasteiger partial charge is 0.250 e. The SMILES string of the molecule is O=C(CCCc1cn(CN2CC3CC(C2)c2cccc(=O)n2C3)c2ccccc12)N1CCCCC1. The van der Waals surface area contributed by atoms with Crippen molar-refractivity contribution in [3.63, 3.8) is 0 Å².